The lowest BCUT2D eigenvalue weighted by atomic mass is 10.1. The van der Waals surface area contributed by atoms with Crippen LogP contribution in [0.25, 0.3) is 11.4 Å². The molecule has 0 saturated heterocycles. The third kappa shape index (κ3) is 2.72. The standard InChI is InChI=1S/C16H12N6O2/c23-16(11-3-6-14-13(9-11)17-7-8-24-14)18-12-4-1-10(2-5-12)15-19-21-22-20-15/h1-7,9H,8H2,(H,18,23)(H,19,20,21,22). The van der Waals surface area contributed by atoms with Crippen molar-refractivity contribution < 1.29 is 9.53 Å². The summed E-state index contributed by atoms with van der Waals surface area (Å²) in [6.45, 7) is 0.450. The van der Waals surface area contributed by atoms with Gasteiger partial charge in [0.2, 0.25) is 5.82 Å². The number of aromatic nitrogens is 4. The second kappa shape index (κ2) is 5.92. The van der Waals surface area contributed by atoms with E-state index in [1.165, 1.54) is 0 Å². The van der Waals surface area contributed by atoms with E-state index < -0.39 is 0 Å². The van der Waals surface area contributed by atoms with Gasteiger partial charge in [-0.05, 0) is 47.7 Å². The van der Waals surface area contributed by atoms with Crippen molar-refractivity contribution in [2.75, 3.05) is 11.9 Å². The second-order valence-corrected chi connectivity index (χ2v) is 5.07. The fourth-order valence-electron chi connectivity index (χ4n) is 2.33. The Bertz CT molecular complexity index is 903. The van der Waals surface area contributed by atoms with Crippen LogP contribution in [-0.2, 0) is 0 Å². The fraction of sp³-hybridized carbons (Fsp3) is 0.0625. The Hall–Kier alpha value is -3.55. The molecule has 0 spiro atoms. The molecular weight excluding hydrogens is 308 g/mol. The molecule has 8 heteroatoms. The molecule has 8 nitrogen and oxygen atoms in total. The topological polar surface area (TPSA) is 105 Å². The van der Waals surface area contributed by atoms with Crippen LogP contribution >= 0.6 is 0 Å². The molecule has 1 aromatic heterocycles. The van der Waals surface area contributed by atoms with Crippen molar-refractivity contribution in [3.63, 3.8) is 0 Å². The SMILES string of the molecule is O=C(Nc1ccc(-c2nn[nH]n2)cc1)c1ccc2c(c1)N=CCO2. The van der Waals surface area contributed by atoms with Gasteiger partial charge in [-0.15, -0.1) is 10.2 Å². The maximum atomic E-state index is 12.4. The molecule has 0 fully saturated rings. The van der Waals surface area contributed by atoms with Crippen LogP contribution in [0.3, 0.4) is 0 Å². The van der Waals surface area contributed by atoms with Crippen molar-refractivity contribution >= 4 is 23.5 Å². The molecule has 1 aliphatic heterocycles. The van der Waals surface area contributed by atoms with E-state index >= 15 is 0 Å². The van der Waals surface area contributed by atoms with E-state index in [4.69, 9.17) is 4.74 Å². The van der Waals surface area contributed by atoms with Gasteiger partial charge in [-0.3, -0.25) is 9.79 Å². The highest BCUT2D eigenvalue weighted by Gasteiger charge is 2.12. The second-order valence-electron chi connectivity index (χ2n) is 5.07. The highest BCUT2D eigenvalue weighted by Crippen LogP contribution is 2.30. The molecule has 2 heterocycles. The molecule has 1 aliphatic rings. The summed E-state index contributed by atoms with van der Waals surface area (Å²) in [6, 6.07) is 12.3. The number of hydrogen-bond acceptors (Lipinski definition) is 6. The lowest BCUT2D eigenvalue weighted by molar-refractivity contribution is 0.102. The van der Waals surface area contributed by atoms with Crippen LogP contribution < -0.4 is 10.1 Å². The van der Waals surface area contributed by atoms with E-state index in [-0.39, 0.29) is 5.91 Å². The number of nitrogens with zero attached hydrogens (tertiary/aromatic N) is 4. The van der Waals surface area contributed by atoms with Crippen LogP contribution in [0, 0.1) is 0 Å². The van der Waals surface area contributed by atoms with Crippen molar-refractivity contribution in [1.82, 2.24) is 20.6 Å². The van der Waals surface area contributed by atoms with Gasteiger partial charge >= 0.3 is 0 Å². The predicted molar refractivity (Wildman–Crippen MR) is 87.7 cm³/mol. The first-order valence-electron chi connectivity index (χ1n) is 7.24. The number of carbonyl (C=O) groups excluding carboxylic acids is 1. The Morgan fingerprint density at radius 1 is 1.17 bits per heavy atom. The van der Waals surface area contributed by atoms with Gasteiger partial charge in [0.1, 0.15) is 18.0 Å². The first-order valence-corrected chi connectivity index (χ1v) is 7.24. The number of aliphatic imine (C=N–C) groups is 1. The number of hydrogen-bond donors (Lipinski definition) is 2. The third-order valence-electron chi connectivity index (χ3n) is 3.51. The molecule has 0 saturated carbocycles. The monoisotopic (exact) mass is 320 g/mol. The van der Waals surface area contributed by atoms with Crippen LogP contribution in [0.2, 0.25) is 0 Å². The smallest absolute Gasteiger partial charge is 0.255 e. The predicted octanol–water partition coefficient (Wildman–Crippen LogP) is 2.21. The first-order chi connectivity index (χ1) is 11.8. The van der Waals surface area contributed by atoms with Crippen molar-refractivity contribution in [1.29, 1.82) is 0 Å². The summed E-state index contributed by atoms with van der Waals surface area (Å²) in [7, 11) is 0. The van der Waals surface area contributed by atoms with Crippen molar-refractivity contribution in [2.24, 2.45) is 4.99 Å². The first kappa shape index (κ1) is 14.1. The summed E-state index contributed by atoms with van der Waals surface area (Å²) in [6.07, 6.45) is 1.67. The van der Waals surface area contributed by atoms with Crippen LogP contribution in [0.15, 0.2) is 47.5 Å². The fourth-order valence-corrected chi connectivity index (χ4v) is 2.33. The van der Waals surface area contributed by atoms with Crippen molar-refractivity contribution in [3.8, 4) is 17.1 Å². The highest BCUT2D eigenvalue weighted by atomic mass is 16.5. The highest BCUT2D eigenvalue weighted by molar-refractivity contribution is 6.05. The average Bonchev–Trinajstić information content (AvgIpc) is 3.16. The zero-order valence-electron chi connectivity index (χ0n) is 12.4. The summed E-state index contributed by atoms with van der Waals surface area (Å²) >= 11 is 0. The minimum atomic E-state index is -0.217. The summed E-state index contributed by atoms with van der Waals surface area (Å²) < 4.78 is 5.42. The van der Waals surface area contributed by atoms with Crippen LogP contribution in [0.4, 0.5) is 11.4 Å². The molecule has 0 unspecified atom stereocenters. The number of fused-ring (bicyclic) bond motifs is 1. The van der Waals surface area contributed by atoms with Crippen molar-refractivity contribution in [2.45, 2.75) is 0 Å². The number of H-pyrrole nitrogens is 1. The third-order valence-corrected chi connectivity index (χ3v) is 3.51. The van der Waals surface area contributed by atoms with Crippen molar-refractivity contribution in [3.05, 3.63) is 48.0 Å². The van der Waals surface area contributed by atoms with Gasteiger partial charge in [0, 0.05) is 23.0 Å². The Morgan fingerprint density at radius 3 is 2.83 bits per heavy atom. The molecule has 0 atom stereocenters. The number of ether oxygens (including phenoxy) is 1. The summed E-state index contributed by atoms with van der Waals surface area (Å²) in [5.74, 6) is 0.963. The maximum absolute atomic E-state index is 12.4. The van der Waals surface area contributed by atoms with Gasteiger partial charge in [0.05, 0.1) is 0 Å². The molecule has 0 aliphatic carbocycles. The molecule has 2 aromatic carbocycles. The molecule has 4 rings (SSSR count). The molecule has 1 amide bonds. The molecule has 24 heavy (non-hydrogen) atoms. The number of tetrazole rings is 1. The Kier molecular flexibility index (Phi) is 3.47. The minimum absolute atomic E-state index is 0.217. The number of rotatable bonds is 3. The van der Waals surface area contributed by atoms with Gasteiger partial charge in [0.15, 0.2) is 0 Å². The van der Waals surface area contributed by atoms with E-state index in [9.17, 15) is 4.79 Å². The van der Waals surface area contributed by atoms with Gasteiger partial charge in [-0.1, -0.05) is 0 Å². The Balaban J connectivity index is 1.51. The van der Waals surface area contributed by atoms with Gasteiger partial charge < -0.3 is 10.1 Å². The van der Waals surface area contributed by atoms with Gasteiger partial charge in [-0.2, -0.15) is 5.21 Å². The lowest BCUT2D eigenvalue weighted by Crippen LogP contribution is -2.12. The lowest BCUT2D eigenvalue weighted by Gasteiger charge is -2.12. The summed E-state index contributed by atoms with van der Waals surface area (Å²) in [5, 5.41) is 16.6. The minimum Gasteiger partial charge on any atom is -0.486 e. The number of benzene rings is 2. The zero-order chi connectivity index (χ0) is 16.4. The number of carbonyl (C=O) groups is 1. The molecule has 3 aromatic rings. The molecule has 118 valence electrons. The summed E-state index contributed by atoms with van der Waals surface area (Å²) in [5.41, 5.74) is 2.65. The number of amides is 1. The quantitative estimate of drug-likeness (QED) is 0.769. The number of anilines is 1. The van der Waals surface area contributed by atoms with Crippen LogP contribution in [0.5, 0.6) is 5.75 Å². The largest absolute Gasteiger partial charge is 0.486 e. The zero-order valence-corrected chi connectivity index (χ0v) is 12.4. The van der Waals surface area contributed by atoms with E-state index in [1.807, 2.05) is 12.1 Å². The molecule has 2 N–H and O–H groups in total. The van der Waals surface area contributed by atoms with E-state index in [1.54, 1.807) is 36.5 Å². The maximum Gasteiger partial charge on any atom is 0.255 e. The number of nitrogens with one attached hydrogen (secondary N) is 2. The summed E-state index contributed by atoms with van der Waals surface area (Å²) in [4.78, 5) is 16.6. The van der Waals surface area contributed by atoms with E-state index in [0.717, 1.165) is 5.56 Å². The molecular formula is C16H12N6O2. The Labute approximate surface area is 136 Å². The van der Waals surface area contributed by atoms with Crippen LogP contribution in [-0.4, -0.2) is 39.4 Å². The molecule has 0 bridgehead atoms. The van der Waals surface area contributed by atoms with E-state index in [2.05, 4.69) is 30.9 Å². The average molecular weight is 320 g/mol. The number of aromatic amines is 1. The Morgan fingerprint density at radius 2 is 2.04 bits per heavy atom. The normalized spacial score (nSPS) is 12.3. The van der Waals surface area contributed by atoms with Gasteiger partial charge in [0.25, 0.3) is 5.91 Å². The van der Waals surface area contributed by atoms with Crippen LogP contribution in [0.1, 0.15) is 10.4 Å². The van der Waals surface area contributed by atoms with E-state index in [0.29, 0.717) is 35.1 Å². The molecule has 0 radical (unpaired) electrons. The van der Waals surface area contributed by atoms with Gasteiger partial charge in [-0.25, -0.2) is 0 Å².